The van der Waals surface area contributed by atoms with Gasteiger partial charge in [0, 0.05) is 15.9 Å². The number of anilines is 1. The fourth-order valence-electron chi connectivity index (χ4n) is 1.48. The molecule has 1 aromatic heterocycles. The molecule has 0 saturated heterocycles. The van der Waals surface area contributed by atoms with Crippen LogP contribution in [0.4, 0.5) is 5.69 Å². The van der Waals surface area contributed by atoms with Crippen LogP contribution in [0.2, 0.25) is 5.02 Å². The van der Waals surface area contributed by atoms with E-state index in [1.807, 2.05) is 19.9 Å². The first-order valence-electron chi connectivity index (χ1n) is 5.69. The van der Waals surface area contributed by atoms with Gasteiger partial charge in [-0.05, 0) is 40.5 Å². The van der Waals surface area contributed by atoms with Crippen LogP contribution in [-0.4, -0.2) is 21.1 Å². The van der Waals surface area contributed by atoms with Crippen LogP contribution in [0.5, 0.6) is 0 Å². The van der Waals surface area contributed by atoms with Crippen LogP contribution in [0.1, 0.15) is 28.9 Å². The van der Waals surface area contributed by atoms with Crippen LogP contribution < -0.4 is 5.32 Å². The Hall–Kier alpha value is -1.40. The molecule has 5 nitrogen and oxygen atoms in total. The lowest BCUT2D eigenvalue weighted by Crippen LogP contribution is -2.14. The minimum absolute atomic E-state index is 0.112. The molecule has 0 fully saturated rings. The van der Waals surface area contributed by atoms with E-state index in [0.29, 0.717) is 23.0 Å². The maximum atomic E-state index is 12.0. The fourth-order valence-corrected chi connectivity index (χ4v) is 2.20. The van der Waals surface area contributed by atoms with E-state index >= 15 is 0 Å². The van der Waals surface area contributed by atoms with Crippen molar-refractivity contribution >= 4 is 39.1 Å². The maximum Gasteiger partial charge on any atom is 0.295 e. The molecule has 1 aromatic carbocycles. The number of aryl methyl sites for hydroxylation is 2. The molecule has 2 rings (SSSR count). The van der Waals surface area contributed by atoms with E-state index < -0.39 is 0 Å². The van der Waals surface area contributed by atoms with E-state index in [9.17, 15) is 4.79 Å². The number of H-pyrrole nitrogens is 1. The van der Waals surface area contributed by atoms with Crippen molar-refractivity contribution in [3.63, 3.8) is 0 Å². The summed E-state index contributed by atoms with van der Waals surface area (Å²) in [5.41, 5.74) is 1.51. The van der Waals surface area contributed by atoms with Gasteiger partial charge in [-0.15, -0.1) is 5.10 Å². The molecule has 2 N–H and O–H groups in total. The lowest BCUT2D eigenvalue weighted by atomic mass is 10.2. The van der Waals surface area contributed by atoms with Crippen molar-refractivity contribution in [2.24, 2.45) is 0 Å². The molecule has 0 aliphatic heterocycles. The molecule has 0 saturated carbocycles. The van der Waals surface area contributed by atoms with Gasteiger partial charge in [0.25, 0.3) is 5.91 Å². The van der Waals surface area contributed by atoms with Gasteiger partial charge in [0.05, 0.1) is 5.69 Å². The summed E-state index contributed by atoms with van der Waals surface area (Å²) in [6.45, 7) is 3.82. The summed E-state index contributed by atoms with van der Waals surface area (Å²) in [6.07, 6.45) is 0.695. The summed E-state index contributed by atoms with van der Waals surface area (Å²) >= 11 is 9.41. The van der Waals surface area contributed by atoms with Crippen molar-refractivity contribution in [2.45, 2.75) is 20.3 Å². The molecule has 1 amide bonds. The predicted octanol–water partition coefficient (Wildman–Crippen LogP) is 3.34. The highest BCUT2D eigenvalue weighted by Crippen LogP contribution is 2.29. The van der Waals surface area contributed by atoms with Crippen LogP contribution >= 0.6 is 27.5 Å². The molecular weight excluding hydrogens is 332 g/mol. The van der Waals surface area contributed by atoms with Gasteiger partial charge in [0.2, 0.25) is 5.82 Å². The first kappa shape index (κ1) is 14.0. The average Bonchev–Trinajstić information content (AvgIpc) is 2.84. The molecule has 19 heavy (non-hydrogen) atoms. The summed E-state index contributed by atoms with van der Waals surface area (Å²) in [4.78, 5) is 16.0. The zero-order chi connectivity index (χ0) is 14.0. The highest BCUT2D eigenvalue weighted by molar-refractivity contribution is 9.10. The number of carbonyl (C=O) groups is 1. The zero-order valence-electron chi connectivity index (χ0n) is 10.4. The SMILES string of the molecule is CCc1nc(C(=O)Nc2cc(Cl)c(C)cc2Br)n[nH]1. The minimum atomic E-state index is -0.378. The molecule has 0 unspecified atom stereocenters. The normalized spacial score (nSPS) is 10.5. The van der Waals surface area contributed by atoms with E-state index in [0.717, 1.165) is 10.0 Å². The second-order valence-corrected chi connectivity index (χ2v) is 5.26. The van der Waals surface area contributed by atoms with Gasteiger partial charge in [0.15, 0.2) is 0 Å². The summed E-state index contributed by atoms with van der Waals surface area (Å²) in [6, 6.07) is 3.53. The van der Waals surface area contributed by atoms with Gasteiger partial charge in [-0.1, -0.05) is 18.5 Å². The number of carbonyl (C=O) groups excluding carboxylic acids is 1. The Morgan fingerprint density at radius 1 is 1.53 bits per heavy atom. The number of aromatic nitrogens is 3. The number of hydrogen-bond donors (Lipinski definition) is 2. The number of halogens is 2. The Morgan fingerprint density at radius 3 is 2.89 bits per heavy atom. The number of benzene rings is 1. The van der Waals surface area contributed by atoms with Crippen LogP contribution in [-0.2, 0) is 6.42 Å². The van der Waals surface area contributed by atoms with Crippen molar-refractivity contribution in [1.29, 1.82) is 0 Å². The van der Waals surface area contributed by atoms with E-state index in [1.165, 1.54) is 0 Å². The summed E-state index contributed by atoms with van der Waals surface area (Å²) < 4.78 is 0.758. The smallest absolute Gasteiger partial charge is 0.295 e. The van der Waals surface area contributed by atoms with Gasteiger partial charge in [-0.25, -0.2) is 4.98 Å². The van der Waals surface area contributed by atoms with Crippen molar-refractivity contribution in [2.75, 3.05) is 5.32 Å². The van der Waals surface area contributed by atoms with Gasteiger partial charge < -0.3 is 5.32 Å². The number of rotatable bonds is 3. The summed E-state index contributed by atoms with van der Waals surface area (Å²) in [7, 11) is 0. The van der Waals surface area contributed by atoms with Crippen LogP contribution in [0.3, 0.4) is 0 Å². The van der Waals surface area contributed by atoms with Crippen molar-refractivity contribution in [1.82, 2.24) is 15.2 Å². The Bertz CT molecular complexity index is 626. The first-order valence-corrected chi connectivity index (χ1v) is 6.86. The molecule has 0 aliphatic carbocycles. The lowest BCUT2D eigenvalue weighted by Gasteiger charge is -2.07. The van der Waals surface area contributed by atoms with Crippen LogP contribution in [0.15, 0.2) is 16.6 Å². The number of nitrogens with zero attached hydrogens (tertiary/aromatic N) is 2. The molecule has 0 bridgehead atoms. The number of hydrogen-bond acceptors (Lipinski definition) is 3. The molecule has 0 spiro atoms. The number of aromatic amines is 1. The third kappa shape index (κ3) is 3.13. The Labute approximate surface area is 123 Å². The molecule has 2 aromatic rings. The molecule has 0 aliphatic rings. The lowest BCUT2D eigenvalue weighted by molar-refractivity contribution is 0.101. The quantitative estimate of drug-likeness (QED) is 0.898. The van der Waals surface area contributed by atoms with Crippen molar-refractivity contribution < 1.29 is 4.79 Å². The van der Waals surface area contributed by atoms with E-state index in [-0.39, 0.29) is 11.7 Å². The number of nitrogens with one attached hydrogen (secondary N) is 2. The highest BCUT2D eigenvalue weighted by atomic mass is 79.9. The van der Waals surface area contributed by atoms with Crippen LogP contribution in [0, 0.1) is 6.92 Å². The Balaban J connectivity index is 2.21. The third-order valence-electron chi connectivity index (χ3n) is 2.57. The van der Waals surface area contributed by atoms with Crippen molar-refractivity contribution in [3.8, 4) is 0 Å². The first-order chi connectivity index (χ1) is 9.01. The molecule has 0 radical (unpaired) electrons. The van der Waals surface area contributed by atoms with Gasteiger partial charge in [0.1, 0.15) is 5.82 Å². The minimum Gasteiger partial charge on any atom is -0.318 e. The highest BCUT2D eigenvalue weighted by Gasteiger charge is 2.14. The number of amides is 1. The van der Waals surface area contributed by atoms with Gasteiger partial charge in [-0.3, -0.25) is 9.89 Å². The van der Waals surface area contributed by atoms with Gasteiger partial charge in [-0.2, -0.15) is 0 Å². The molecule has 1 heterocycles. The van der Waals surface area contributed by atoms with E-state index in [4.69, 9.17) is 11.6 Å². The maximum absolute atomic E-state index is 12.0. The fraction of sp³-hybridized carbons (Fsp3) is 0.250. The topological polar surface area (TPSA) is 70.7 Å². The zero-order valence-corrected chi connectivity index (χ0v) is 12.8. The molecular formula is C12H12BrClN4O. The third-order valence-corrected chi connectivity index (χ3v) is 3.63. The summed E-state index contributed by atoms with van der Waals surface area (Å²) in [5.74, 6) is 0.406. The second-order valence-electron chi connectivity index (χ2n) is 3.99. The predicted molar refractivity (Wildman–Crippen MR) is 77.6 cm³/mol. The van der Waals surface area contributed by atoms with E-state index in [1.54, 1.807) is 6.07 Å². The molecule has 100 valence electrons. The van der Waals surface area contributed by atoms with Gasteiger partial charge >= 0.3 is 0 Å². The van der Waals surface area contributed by atoms with E-state index in [2.05, 4.69) is 36.4 Å². The average molecular weight is 344 g/mol. The monoisotopic (exact) mass is 342 g/mol. The largest absolute Gasteiger partial charge is 0.318 e. The summed E-state index contributed by atoms with van der Waals surface area (Å²) in [5, 5.41) is 9.86. The van der Waals surface area contributed by atoms with Crippen molar-refractivity contribution in [3.05, 3.63) is 38.8 Å². The Kier molecular flexibility index (Phi) is 4.21. The van der Waals surface area contributed by atoms with Crippen LogP contribution in [0.25, 0.3) is 0 Å². The standard InChI is InChI=1S/C12H12BrClN4O/c1-3-10-16-11(18-17-10)12(19)15-9-5-8(14)6(2)4-7(9)13/h4-5H,3H2,1-2H3,(H,15,19)(H,16,17,18). The molecule has 0 atom stereocenters. The Morgan fingerprint density at radius 2 is 2.26 bits per heavy atom. The second kappa shape index (κ2) is 5.71. The molecule has 7 heteroatoms.